The molecule has 4 heteroatoms. The van der Waals surface area contributed by atoms with Gasteiger partial charge < -0.3 is 15.4 Å². The lowest BCUT2D eigenvalue weighted by Gasteiger charge is -2.20. The molecule has 0 aliphatic heterocycles. The van der Waals surface area contributed by atoms with Crippen LogP contribution in [0.2, 0.25) is 0 Å². The molecule has 3 N–H and O–H groups in total. The van der Waals surface area contributed by atoms with E-state index < -0.39 is 13.0 Å². The molecular formula is C7H18NO2P. The van der Waals surface area contributed by atoms with Crippen LogP contribution in [-0.2, 0) is 4.57 Å². The summed E-state index contributed by atoms with van der Waals surface area (Å²) in [5.41, 5.74) is 5.25. The second-order valence-electron chi connectivity index (χ2n) is 2.64. The molecule has 0 saturated carbocycles. The van der Waals surface area contributed by atoms with E-state index in [1.807, 2.05) is 13.8 Å². The van der Waals surface area contributed by atoms with Gasteiger partial charge in [-0.3, -0.25) is 0 Å². The van der Waals surface area contributed by atoms with Gasteiger partial charge in [0.25, 0.3) is 0 Å². The Morgan fingerprint density at radius 1 is 1.45 bits per heavy atom. The number of rotatable bonds is 5. The van der Waals surface area contributed by atoms with Crippen molar-refractivity contribution in [2.45, 2.75) is 26.1 Å². The van der Waals surface area contributed by atoms with E-state index in [0.29, 0.717) is 25.3 Å². The van der Waals surface area contributed by atoms with Gasteiger partial charge in [0.05, 0.1) is 0 Å². The summed E-state index contributed by atoms with van der Waals surface area (Å²) in [6.45, 7) is 4.11. The lowest BCUT2D eigenvalue weighted by molar-refractivity contribution is 0.239. The average Bonchev–Trinajstić information content (AvgIpc) is 2.03. The maximum atomic E-state index is 11.7. The summed E-state index contributed by atoms with van der Waals surface area (Å²) in [5, 5.41) is 9.43. The topological polar surface area (TPSA) is 63.3 Å². The van der Waals surface area contributed by atoms with Crippen LogP contribution < -0.4 is 5.73 Å². The van der Waals surface area contributed by atoms with Gasteiger partial charge in [0.2, 0.25) is 0 Å². The summed E-state index contributed by atoms with van der Waals surface area (Å²) >= 11 is 0. The minimum absolute atomic E-state index is 0.408. The standard InChI is InChI=1S/C7H18NO2P/c1-3-11(10,4-2)7(9)5-6-8/h7,9H,3-6,8H2,1-2H3. The van der Waals surface area contributed by atoms with Gasteiger partial charge in [-0.15, -0.1) is 0 Å². The highest BCUT2D eigenvalue weighted by Gasteiger charge is 2.26. The first-order chi connectivity index (χ1) is 5.10. The van der Waals surface area contributed by atoms with Crippen LogP contribution in [0.1, 0.15) is 20.3 Å². The fraction of sp³-hybridized carbons (Fsp3) is 1.00. The summed E-state index contributed by atoms with van der Waals surface area (Å²) in [6, 6.07) is 0. The molecule has 0 radical (unpaired) electrons. The van der Waals surface area contributed by atoms with E-state index in [9.17, 15) is 9.67 Å². The fourth-order valence-electron chi connectivity index (χ4n) is 1.03. The minimum Gasteiger partial charge on any atom is -0.385 e. The third kappa shape index (κ3) is 2.94. The molecule has 11 heavy (non-hydrogen) atoms. The Bertz CT molecular complexity index is 141. The molecule has 3 nitrogen and oxygen atoms in total. The summed E-state index contributed by atoms with van der Waals surface area (Å²) in [6.07, 6.45) is 1.61. The zero-order chi connectivity index (χ0) is 8.91. The van der Waals surface area contributed by atoms with Crippen molar-refractivity contribution in [1.29, 1.82) is 0 Å². The number of nitrogens with two attached hydrogens (primary N) is 1. The summed E-state index contributed by atoms with van der Waals surface area (Å²) < 4.78 is 11.7. The maximum Gasteiger partial charge on any atom is 0.114 e. The second-order valence-corrected chi connectivity index (χ2v) is 6.41. The molecular weight excluding hydrogens is 161 g/mol. The van der Waals surface area contributed by atoms with Gasteiger partial charge in [0, 0.05) is 12.3 Å². The third-order valence-electron chi connectivity index (χ3n) is 2.04. The van der Waals surface area contributed by atoms with E-state index in [1.54, 1.807) is 0 Å². The average molecular weight is 179 g/mol. The molecule has 0 aliphatic carbocycles. The van der Waals surface area contributed by atoms with E-state index >= 15 is 0 Å². The van der Waals surface area contributed by atoms with Gasteiger partial charge in [0.1, 0.15) is 13.0 Å². The van der Waals surface area contributed by atoms with Crippen LogP contribution >= 0.6 is 7.14 Å². The lowest BCUT2D eigenvalue weighted by Crippen LogP contribution is -2.16. The first kappa shape index (κ1) is 11.2. The van der Waals surface area contributed by atoms with Gasteiger partial charge >= 0.3 is 0 Å². The fourth-order valence-corrected chi connectivity index (χ4v) is 2.94. The number of aliphatic hydroxyl groups is 1. The Morgan fingerprint density at radius 3 is 2.18 bits per heavy atom. The predicted octanol–water partition coefficient (Wildman–Crippen LogP) is 1.06. The van der Waals surface area contributed by atoms with Crippen molar-refractivity contribution in [3.63, 3.8) is 0 Å². The van der Waals surface area contributed by atoms with Gasteiger partial charge in [-0.2, -0.15) is 0 Å². The van der Waals surface area contributed by atoms with Crippen LogP contribution in [0.4, 0.5) is 0 Å². The quantitative estimate of drug-likeness (QED) is 0.620. The summed E-state index contributed by atoms with van der Waals surface area (Å²) in [7, 11) is -2.31. The summed E-state index contributed by atoms with van der Waals surface area (Å²) in [5.74, 6) is -0.678. The van der Waals surface area contributed by atoms with Crippen LogP contribution in [0, 0.1) is 0 Å². The summed E-state index contributed by atoms with van der Waals surface area (Å²) in [4.78, 5) is 0. The zero-order valence-electron chi connectivity index (χ0n) is 7.29. The van der Waals surface area contributed by atoms with Crippen LogP contribution in [-0.4, -0.2) is 29.8 Å². The molecule has 0 aliphatic rings. The molecule has 68 valence electrons. The maximum absolute atomic E-state index is 11.7. The molecule has 0 aromatic carbocycles. The lowest BCUT2D eigenvalue weighted by atomic mass is 10.5. The Balaban J connectivity index is 4.13. The van der Waals surface area contributed by atoms with Gasteiger partial charge in [-0.25, -0.2) is 0 Å². The van der Waals surface area contributed by atoms with E-state index in [-0.39, 0.29) is 0 Å². The first-order valence-corrected chi connectivity index (χ1v) is 6.21. The van der Waals surface area contributed by atoms with E-state index in [4.69, 9.17) is 5.73 Å². The van der Waals surface area contributed by atoms with Crippen LogP contribution in [0.3, 0.4) is 0 Å². The van der Waals surface area contributed by atoms with Crippen molar-refractivity contribution < 1.29 is 9.67 Å². The highest BCUT2D eigenvalue weighted by Crippen LogP contribution is 2.49. The normalized spacial score (nSPS) is 14.9. The second kappa shape index (κ2) is 4.91. The highest BCUT2D eigenvalue weighted by molar-refractivity contribution is 7.64. The smallest absolute Gasteiger partial charge is 0.114 e. The molecule has 0 heterocycles. The van der Waals surface area contributed by atoms with Crippen molar-refractivity contribution >= 4 is 7.14 Å². The van der Waals surface area contributed by atoms with Crippen molar-refractivity contribution in [3.05, 3.63) is 0 Å². The molecule has 0 aromatic heterocycles. The molecule has 1 atom stereocenters. The predicted molar refractivity (Wildman–Crippen MR) is 48.4 cm³/mol. The third-order valence-corrected chi connectivity index (χ3v) is 5.52. The van der Waals surface area contributed by atoms with Crippen LogP contribution in [0.15, 0.2) is 0 Å². The molecule has 0 bridgehead atoms. The molecule has 0 spiro atoms. The van der Waals surface area contributed by atoms with Crippen molar-refractivity contribution in [1.82, 2.24) is 0 Å². The molecule has 0 aromatic rings. The van der Waals surface area contributed by atoms with Crippen LogP contribution in [0.25, 0.3) is 0 Å². The Labute approximate surface area is 68.4 Å². The zero-order valence-corrected chi connectivity index (χ0v) is 8.18. The van der Waals surface area contributed by atoms with E-state index in [2.05, 4.69) is 0 Å². The SMILES string of the molecule is CCP(=O)(CC)C(O)CCN. The molecule has 0 rings (SSSR count). The Hall–Kier alpha value is 0.150. The van der Waals surface area contributed by atoms with Crippen LogP contribution in [0.5, 0.6) is 0 Å². The Morgan fingerprint density at radius 2 is 1.91 bits per heavy atom. The highest BCUT2D eigenvalue weighted by atomic mass is 31.2. The number of hydrogen-bond donors (Lipinski definition) is 2. The van der Waals surface area contributed by atoms with E-state index in [1.165, 1.54) is 0 Å². The van der Waals surface area contributed by atoms with Gasteiger partial charge in [-0.05, 0) is 13.0 Å². The molecule has 0 fully saturated rings. The molecule has 0 amide bonds. The Kier molecular flexibility index (Phi) is 4.98. The monoisotopic (exact) mass is 179 g/mol. The minimum atomic E-state index is -2.31. The first-order valence-electron chi connectivity index (χ1n) is 4.06. The van der Waals surface area contributed by atoms with Crippen molar-refractivity contribution in [3.8, 4) is 0 Å². The van der Waals surface area contributed by atoms with Crippen molar-refractivity contribution in [2.75, 3.05) is 18.9 Å². The van der Waals surface area contributed by atoms with E-state index in [0.717, 1.165) is 0 Å². The molecule has 1 unspecified atom stereocenters. The molecule has 0 saturated heterocycles. The number of hydrogen-bond acceptors (Lipinski definition) is 3. The largest absolute Gasteiger partial charge is 0.385 e. The van der Waals surface area contributed by atoms with Gasteiger partial charge in [0.15, 0.2) is 0 Å². The van der Waals surface area contributed by atoms with Crippen molar-refractivity contribution in [2.24, 2.45) is 5.73 Å². The van der Waals surface area contributed by atoms with Gasteiger partial charge in [-0.1, -0.05) is 13.8 Å². The number of aliphatic hydroxyl groups excluding tert-OH is 1.